The number of hydrogen-bond donors (Lipinski definition) is 1. The average molecular weight is 318 g/mol. The second kappa shape index (κ2) is 4.91. The van der Waals surface area contributed by atoms with E-state index in [4.69, 9.17) is 9.52 Å². The van der Waals surface area contributed by atoms with Crippen LogP contribution in [0.3, 0.4) is 0 Å². The summed E-state index contributed by atoms with van der Waals surface area (Å²) in [6.07, 6.45) is 2.58. The maximum Gasteiger partial charge on any atom is 0.372 e. The van der Waals surface area contributed by atoms with Crippen LogP contribution in [-0.4, -0.2) is 20.6 Å². The second-order valence-electron chi connectivity index (χ2n) is 5.58. The summed E-state index contributed by atoms with van der Waals surface area (Å²) in [5, 5.41) is 9.23. The van der Waals surface area contributed by atoms with Crippen LogP contribution in [0.4, 0.5) is 8.78 Å². The lowest BCUT2D eigenvalue weighted by Gasteiger charge is -2.05. The molecule has 3 aromatic rings. The van der Waals surface area contributed by atoms with Gasteiger partial charge in [0.15, 0.2) is 0 Å². The molecule has 1 N–H and O–H groups in total. The van der Waals surface area contributed by atoms with E-state index in [0.717, 1.165) is 18.5 Å². The number of carboxylic acids is 1. The van der Waals surface area contributed by atoms with E-state index in [-0.39, 0.29) is 11.0 Å². The lowest BCUT2D eigenvalue weighted by molar-refractivity contribution is 0.0649. The van der Waals surface area contributed by atoms with Gasteiger partial charge in [0.25, 0.3) is 6.43 Å². The van der Waals surface area contributed by atoms with Crippen molar-refractivity contribution in [3.05, 3.63) is 47.7 Å². The molecular formula is C16H12F2N2O3. The van der Waals surface area contributed by atoms with E-state index in [1.54, 1.807) is 29.2 Å². The summed E-state index contributed by atoms with van der Waals surface area (Å²) in [6, 6.07) is 4.77. The first-order valence-electron chi connectivity index (χ1n) is 7.17. The molecule has 23 heavy (non-hydrogen) atoms. The fourth-order valence-electron chi connectivity index (χ4n) is 2.80. The Morgan fingerprint density at radius 3 is 2.83 bits per heavy atom. The van der Waals surface area contributed by atoms with E-state index in [9.17, 15) is 13.6 Å². The Morgan fingerprint density at radius 2 is 2.17 bits per heavy atom. The van der Waals surface area contributed by atoms with Crippen molar-refractivity contribution in [1.29, 1.82) is 0 Å². The number of nitrogens with zero attached hydrogens (tertiary/aromatic N) is 2. The van der Waals surface area contributed by atoms with E-state index in [0.29, 0.717) is 11.6 Å². The van der Waals surface area contributed by atoms with E-state index in [1.807, 2.05) is 0 Å². The number of carboxylic acid groups (broad SMARTS) is 1. The number of fused-ring (bicyclic) bond motifs is 1. The highest BCUT2D eigenvalue weighted by Crippen LogP contribution is 2.40. The number of furan rings is 1. The Balaban J connectivity index is 1.96. The Labute approximate surface area is 129 Å². The lowest BCUT2D eigenvalue weighted by Crippen LogP contribution is -2.00. The van der Waals surface area contributed by atoms with Gasteiger partial charge in [-0.15, -0.1) is 0 Å². The SMILES string of the molecule is O=C(O)c1oc2cccc(-n3cnc(C4CC4)c3)c2c1C(F)F. The molecule has 0 saturated heterocycles. The van der Waals surface area contributed by atoms with Gasteiger partial charge in [0.1, 0.15) is 5.58 Å². The van der Waals surface area contributed by atoms with Crippen LogP contribution in [0.5, 0.6) is 0 Å². The third-order valence-corrected chi connectivity index (χ3v) is 4.02. The van der Waals surface area contributed by atoms with Gasteiger partial charge in [-0.05, 0) is 25.0 Å². The van der Waals surface area contributed by atoms with Crippen LogP contribution in [0, 0.1) is 0 Å². The van der Waals surface area contributed by atoms with E-state index in [1.165, 1.54) is 6.07 Å². The predicted molar refractivity (Wildman–Crippen MR) is 77.2 cm³/mol. The van der Waals surface area contributed by atoms with Crippen LogP contribution in [-0.2, 0) is 0 Å². The van der Waals surface area contributed by atoms with E-state index in [2.05, 4.69) is 4.98 Å². The molecule has 0 unspecified atom stereocenters. The molecule has 2 heterocycles. The van der Waals surface area contributed by atoms with Gasteiger partial charge < -0.3 is 14.1 Å². The number of carbonyl (C=O) groups is 1. The minimum absolute atomic E-state index is 0.111. The van der Waals surface area contributed by atoms with Crippen LogP contribution < -0.4 is 0 Å². The molecule has 1 aliphatic rings. The molecule has 5 nitrogen and oxygen atoms in total. The zero-order valence-corrected chi connectivity index (χ0v) is 11.9. The Hall–Kier alpha value is -2.70. The summed E-state index contributed by atoms with van der Waals surface area (Å²) in [4.78, 5) is 15.5. The number of benzene rings is 1. The number of rotatable bonds is 4. The van der Waals surface area contributed by atoms with Crippen LogP contribution in [0.15, 0.2) is 35.1 Å². The number of hydrogen-bond acceptors (Lipinski definition) is 3. The van der Waals surface area contributed by atoms with Crippen molar-refractivity contribution in [3.63, 3.8) is 0 Å². The Kier molecular flexibility index (Phi) is 2.97. The number of halogens is 2. The van der Waals surface area contributed by atoms with Crippen molar-refractivity contribution in [2.24, 2.45) is 0 Å². The minimum atomic E-state index is -2.95. The van der Waals surface area contributed by atoms with Gasteiger partial charge in [-0.3, -0.25) is 0 Å². The largest absolute Gasteiger partial charge is 0.475 e. The van der Waals surface area contributed by atoms with Gasteiger partial charge in [-0.25, -0.2) is 18.6 Å². The second-order valence-corrected chi connectivity index (χ2v) is 5.58. The lowest BCUT2D eigenvalue weighted by atomic mass is 10.1. The molecule has 118 valence electrons. The third kappa shape index (κ3) is 2.19. The quantitative estimate of drug-likeness (QED) is 0.785. The van der Waals surface area contributed by atoms with E-state index < -0.39 is 23.7 Å². The molecule has 4 rings (SSSR count). The van der Waals surface area contributed by atoms with Gasteiger partial charge in [0.05, 0.1) is 28.7 Å². The highest BCUT2D eigenvalue weighted by atomic mass is 19.3. The molecule has 0 bridgehead atoms. The third-order valence-electron chi connectivity index (χ3n) is 4.02. The van der Waals surface area contributed by atoms with Gasteiger partial charge in [0, 0.05) is 12.1 Å². The average Bonchev–Trinajstić information content (AvgIpc) is 3.11. The Bertz CT molecular complexity index is 909. The van der Waals surface area contributed by atoms with Gasteiger partial charge in [-0.2, -0.15) is 0 Å². The molecule has 0 atom stereocenters. The number of aromatic carboxylic acids is 1. The normalized spacial score (nSPS) is 14.7. The number of alkyl halides is 2. The first-order valence-corrected chi connectivity index (χ1v) is 7.17. The summed E-state index contributed by atoms with van der Waals surface area (Å²) >= 11 is 0. The van der Waals surface area contributed by atoms with Crippen molar-refractivity contribution in [1.82, 2.24) is 9.55 Å². The summed E-state index contributed by atoms with van der Waals surface area (Å²) in [5.41, 5.74) is 0.887. The van der Waals surface area contributed by atoms with Crippen molar-refractivity contribution < 1.29 is 23.1 Å². The molecule has 2 aromatic heterocycles. The fraction of sp³-hybridized carbons (Fsp3) is 0.250. The van der Waals surface area contributed by atoms with Crippen molar-refractivity contribution in [2.75, 3.05) is 0 Å². The maximum atomic E-state index is 13.4. The summed E-state index contributed by atoms with van der Waals surface area (Å²) in [5.74, 6) is -1.79. The number of aromatic nitrogens is 2. The number of imidazole rings is 1. The first kappa shape index (κ1) is 13.9. The summed E-state index contributed by atoms with van der Waals surface area (Å²) in [6.45, 7) is 0. The molecule has 1 saturated carbocycles. The fourth-order valence-corrected chi connectivity index (χ4v) is 2.80. The zero-order valence-electron chi connectivity index (χ0n) is 11.9. The summed E-state index contributed by atoms with van der Waals surface area (Å²) < 4.78 is 33.7. The highest BCUT2D eigenvalue weighted by Gasteiger charge is 2.29. The minimum Gasteiger partial charge on any atom is -0.475 e. The topological polar surface area (TPSA) is 68.3 Å². The molecule has 7 heteroatoms. The first-order chi connectivity index (χ1) is 11.1. The van der Waals surface area contributed by atoms with Crippen LogP contribution in [0.1, 0.15) is 47.0 Å². The van der Waals surface area contributed by atoms with E-state index >= 15 is 0 Å². The van der Waals surface area contributed by atoms with Crippen LogP contribution in [0.2, 0.25) is 0 Å². The van der Waals surface area contributed by atoms with Gasteiger partial charge in [-0.1, -0.05) is 6.07 Å². The molecule has 1 aliphatic carbocycles. The molecule has 0 aliphatic heterocycles. The monoisotopic (exact) mass is 318 g/mol. The molecule has 0 spiro atoms. The molecule has 1 fully saturated rings. The van der Waals surface area contributed by atoms with Crippen LogP contribution >= 0.6 is 0 Å². The molecular weight excluding hydrogens is 306 g/mol. The van der Waals surface area contributed by atoms with Crippen molar-refractivity contribution in [3.8, 4) is 5.69 Å². The summed E-state index contributed by atoms with van der Waals surface area (Å²) in [7, 11) is 0. The highest BCUT2D eigenvalue weighted by molar-refractivity contribution is 5.99. The Morgan fingerprint density at radius 1 is 1.39 bits per heavy atom. The van der Waals surface area contributed by atoms with Gasteiger partial charge >= 0.3 is 5.97 Å². The predicted octanol–water partition coefficient (Wildman–Crippen LogP) is 4.13. The standard InChI is InChI=1S/C16H12F2N2O3/c17-15(18)13-12-10(20-6-9(19-7-20)8-4-5-8)2-1-3-11(12)23-14(13)16(21)22/h1-3,6-8,15H,4-5H2,(H,21,22). The molecule has 0 amide bonds. The zero-order chi connectivity index (χ0) is 16.1. The molecule has 0 radical (unpaired) electrons. The van der Waals surface area contributed by atoms with Crippen LogP contribution in [0.25, 0.3) is 16.7 Å². The van der Waals surface area contributed by atoms with Crippen molar-refractivity contribution in [2.45, 2.75) is 25.2 Å². The van der Waals surface area contributed by atoms with Gasteiger partial charge in [0.2, 0.25) is 5.76 Å². The maximum absolute atomic E-state index is 13.4. The smallest absolute Gasteiger partial charge is 0.372 e. The van der Waals surface area contributed by atoms with Crippen molar-refractivity contribution >= 4 is 16.9 Å². The molecule has 1 aromatic carbocycles.